The number of anilines is 1. The normalized spacial score (nSPS) is 21.3. The molecule has 1 aromatic rings. The molecule has 1 amide bonds. The van der Waals surface area contributed by atoms with Crippen LogP contribution in [-0.2, 0) is 19.4 Å². The smallest absolute Gasteiger partial charge is 0.341 e. The highest BCUT2D eigenvalue weighted by Crippen LogP contribution is 2.32. The first kappa shape index (κ1) is 17.3. The first-order valence-corrected chi connectivity index (χ1v) is 8.42. The highest BCUT2D eigenvalue weighted by molar-refractivity contribution is 7.91. The van der Waals surface area contributed by atoms with Crippen molar-refractivity contribution in [3.63, 3.8) is 0 Å². The molecular weight excluding hydrogens is 332 g/mol. The van der Waals surface area contributed by atoms with Crippen molar-refractivity contribution in [2.24, 2.45) is 11.8 Å². The Kier molecular flexibility index (Phi) is 4.98. The summed E-state index contributed by atoms with van der Waals surface area (Å²) in [7, 11) is -4.74. The average molecular weight is 347 g/mol. The van der Waals surface area contributed by atoms with Crippen LogP contribution < -0.4 is 5.32 Å². The van der Waals surface area contributed by atoms with E-state index in [9.17, 15) is 26.8 Å². The zero-order valence-corrected chi connectivity index (χ0v) is 12.7. The summed E-state index contributed by atoms with van der Waals surface area (Å²) in [4.78, 5) is 22.4. The fourth-order valence-electron chi connectivity index (χ4n) is 2.54. The Balaban J connectivity index is 2.10. The lowest BCUT2D eigenvalue weighted by Crippen LogP contribution is -2.22. The minimum Gasteiger partial charge on any atom is -0.481 e. The lowest BCUT2D eigenvalue weighted by atomic mass is 10.0. The molecule has 0 radical (unpaired) electrons. The number of rotatable bonds is 5. The highest BCUT2D eigenvalue weighted by Gasteiger charge is 2.34. The molecule has 23 heavy (non-hydrogen) atoms. The average Bonchev–Trinajstić information content (AvgIpc) is 2.97. The molecule has 1 aliphatic rings. The number of hydrogen-bond donors (Lipinski definition) is 2. The minimum absolute atomic E-state index is 0.0792. The van der Waals surface area contributed by atoms with Crippen LogP contribution in [0.5, 0.6) is 0 Å². The summed E-state index contributed by atoms with van der Waals surface area (Å²) in [6, 6.07) is 4.61. The zero-order chi connectivity index (χ0) is 17.2. The summed E-state index contributed by atoms with van der Waals surface area (Å²) >= 11 is 0. The number of amides is 1. The van der Waals surface area contributed by atoms with Crippen LogP contribution in [0.1, 0.15) is 19.3 Å². The van der Waals surface area contributed by atoms with E-state index in [1.807, 2.05) is 0 Å². The van der Waals surface area contributed by atoms with Gasteiger partial charge >= 0.3 is 11.7 Å². The van der Waals surface area contributed by atoms with E-state index >= 15 is 0 Å². The summed E-state index contributed by atoms with van der Waals surface area (Å²) < 4.78 is 47.9. The second-order valence-corrected chi connectivity index (χ2v) is 7.29. The number of nitrogens with one attached hydrogen (secondary N) is 1. The van der Waals surface area contributed by atoms with Gasteiger partial charge in [0.05, 0.1) is 10.8 Å². The number of carboxylic acids is 1. The highest BCUT2D eigenvalue weighted by atomic mass is 32.2. The largest absolute Gasteiger partial charge is 0.481 e. The van der Waals surface area contributed by atoms with E-state index in [-0.39, 0.29) is 12.1 Å². The number of hydrogen-bond acceptors (Lipinski definition) is 4. The van der Waals surface area contributed by atoms with E-state index in [4.69, 9.17) is 5.11 Å². The second-order valence-electron chi connectivity index (χ2n) is 5.37. The summed E-state index contributed by atoms with van der Waals surface area (Å²) in [5.41, 5.74) is 0.0792. The Morgan fingerprint density at radius 3 is 2.43 bits per heavy atom. The van der Waals surface area contributed by atoms with Crippen molar-refractivity contribution in [3.8, 4) is 0 Å². The van der Waals surface area contributed by atoms with E-state index in [0.29, 0.717) is 12.8 Å². The number of benzene rings is 1. The summed E-state index contributed by atoms with van der Waals surface area (Å²) in [5.74, 6) is -6.01. The lowest BCUT2D eigenvalue weighted by Gasteiger charge is -2.12. The fraction of sp³-hybridized carbons (Fsp3) is 0.429. The van der Waals surface area contributed by atoms with Gasteiger partial charge in [-0.25, -0.2) is 8.42 Å². The maximum atomic E-state index is 12.5. The second kappa shape index (κ2) is 6.61. The fourth-order valence-corrected chi connectivity index (χ4v) is 3.31. The first-order valence-electron chi connectivity index (χ1n) is 6.87. The third kappa shape index (κ3) is 3.84. The van der Waals surface area contributed by atoms with E-state index in [1.54, 1.807) is 0 Å². The quantitative estimate of drug-likeness (QED) is 0.850. The van der Waals surface area contributed by atoms with Gasteiger partial charge < -0.3 is 10.4 Å². The Morgan fingerprint density at radius 1 is 1.22 bits per heavy atom. The molecule has 0 aliphatic heterocycles. The van der Waals surface area contributed by atoms with Gasteiger partial charge in [-0.15, -0.1) is 0 Å². The maximum absolute atomic E-state index is 12.5. The van der Waals surface area contributed by atoms with Crippen molar-refractivity contribution in [1.82, 2.24) is 0 Å². The van der Waals surface area contributed by atoms with Gasteiger partial charge in [-0.2, -0.15) is 8.78 Å². The van der Waals surface area contributed by atoms with Crippen molar-refractivity contribution >= 4 is 27.4 Å². The molecule has 0 spiro atoms. The van der Waals surface area contributed by atoms with Gasteiger partial charge in [0.2, 0.25) is 15.7 Å². The molecule has 9 heteroatoms. The molecule has 2 N–H and O–H groups in total. The number of carbonyl (C=O) groups excluding carboxylic acids is 1. The van der Waals surface area contributed by atoms with Gasteiger partial charge in [0, 0.05) is 11.6 Å². The predicted octanol–water partition coefficient (Wildman–Crippen LogP) is 2.12. The first-order chi connectivity index (χ1) is 10.7. The third-order valence-corrected chi connectivity index (χ3v) is 5.20. The van der Waals surface area contributed by atoms with Gasteiger partial charge in [-0.05, 0) is 37.5 Å². The minimum atomic E-state index is -4.74. The number of carbonyl (C=O) groups is 2. The van der Waals surface area contributed by atoms with E-state index < -0.39 is 44.2 Å². The van der Waals surface area contributed by atoms with Crippen LogP contribution in [0.3, 0.4) is 0 Å². The number of alkyl halides is 2. The Morgan fingerprint density at radius 2 is 1.87 bits per heavy atom. The molecule has 1 aromatic carbocycles. The molecule has 0 saturated heterocycles. The van der Waals surface area contributed by atoms with Gasteiger partial charge in [-0.1, -0.05) is 6.07 Å². The van der Waals surface area contributed by atoms with E-state index in [2.05, 4.69) is 5.32 Å². The molecule has 0 heterocycles. The van der Waals surface area contributed by atoms with Crippen LogP contribution in [0, 0.1) is 11.8 Å². The van der Waals surface area contributed by atoms with Gasteiger partial charge in [0.15, 0.2) is 0 Å². The van der Waals surface area contributed by atoms with Crippen molar-refractivity contribution in [3.05, 3.63) is 24.3 Å². The van der Waals surface area contributed by atoms with Gasteiger partial charge in [0.25, 0.3) is 0 Å². The maximum Gasteiger partial charge on any atom is 0.341 e. The van der Waals surface area contributed by atoms with E-state index in [0.717, 1.165) is 12.1 Å². The van der Waals surface area contributed by atoms with Crippen molar-refractivity contribution in [1.29, 1.82) is 0 Å². The topological polar surface area (TPSA) is 101 Å². The van der Waals surface area contributed by atoms with Crippen LogP contribution in [0.4, 0.5) is 14.5 Å². The molecule has 0 aromatic heterocycles. The zero-order valence-electron chi connectivity index (χ0n) is 11.9. The molecule has 2 atom stereocenters. The molecule has 1 fully saturated rings. The summed E-state index contributed by atoms with van der Waals surface area (Å²) in [6.07, 6.45) is 1.02. The van der Waals surface area contributed by atoms with E-state index in [1.165, 1.54) is 12.1 Å². The van der Waals surface area contributed by atoms with Crippen molar-refractivity contribution < 1.29 is 31.9 Å². The molecule has 6 nitrogen and oxygen atoms in total. The number of sulfone groups is 1. The van der Waals surface area contributed by atoms with Crippen LogP contribution in [0.15, 0.2) is 29.2 Å². The number of halogens is 2. The monoisotopic (exact) mass is 347 g/mol. The number of carboxylic acid groups (broad SMARTS) is 1. The van der Waals surface area contributed by atoms with Crippen LogP contribution in [0.2, 0.25) is 0 Å². The Bertz CT molecular complexity index is 720. The van der Waals surface area contributed by atoms with Crippen molar-refractivity contribution in [2.75, 3.05) is 5.32 Å². The predicted molar refractivity (Wildman–Crippen MR) is 76.7 cm³/mol. The SMILES string of the molecule is O=C(O)[C@@H]1CC[C@H](C(=O)Nc2cccc(S(=O)(=O)C(F)F)c2)C1. The third-order valence-electron chi connectivity index (χ3n) is 3.82. The molecule has 1 saturated carbocycles. The van der Waals surface area contributed by atoms with Crippen LogP contribution in [-0.4, -0.2) is 31.2 Å². The summed E-state index contributed by atoms with van der Waals surface area (Å²) in [5, 5.41) is 11.4. The molecular formula is C14H15F2NO5S. The summed E-state index contributed by atoms with van der Waals surface area (Å²) in [6.45, 7) is 0. The molecule has 1 aliphatic carbocycles. The van der Waals surface area contributed by atoms with Crippen molar-refractivity contribution in [2.45, 2.75) is 29.9 Å². The molecule has 0 unspecified atom stereocenters. The standard InChI is InChI=1S/C14H15F2NO5S/c15-14(16)23(21,22)11-3-1-2-10(7-11)17-12(18)8-4-5-9(6-8)13(19)20/h1-3,7-9,14H,4-6H2,(H,17,18)(H,19,20)/t8-,9+/m0/s1. The van der Waals surface area contributed by atoms with Gasteiger partial charge in [0.1, 0.15) is 0 Å². The number of aliphatic carboxylic acids is 1. The molecule has 0 bridgehead atoms. The van der Waals surface area contributed by atoms with Crippen LogP contribution in [0.25, 0.3) is 0 Å². The lowest BCUT2D eigenvalue weighted by molar-refractivity contribution is -0.141. The Hall–Kier alpha value is -2.03. The Labute approximate surface area is 131 Å². The van der Waals surface area contributed by atoms with Gasteiger partial charge in [-0.3, -0.25) is 9.59 Å². The van der Waals surface area contributed by atoms with Crippen LogP contribution >= 0.6 is 0 Å². The molecule has 126 valence electrons. The molecule has 2 rings (SSSR count).